The quantitative estimate of drug-likeness (QED) is 0.898. The van der Waals surface area contributed by atoms with Crippen molar-refractivity contribution in [3.05, 3.63) is 35.4 Å². The molecule has 1 aliphatic rings. The lowest BCUT2D eigenvalue weighted by Gasteiger charge is -2.32. The van der Waals surface area contributed by atoms with E-state index in [2.05, 4.69) is 29.2 Å². The average Bonchev–Trinajstić information content (AvgIpc) is 2.43. The number of hydrogen-bond acceptors (Lipinski definition) is 3. The molecule has 0 aromatic heterocycles. The number of benzene rings is 1. The van der Waals surface area contributed by atoms with Crippen LogP contribution in [0.4, 0.5) is 0 Å². The Bertz CT molecular complexity index is 369. The van der Waals surface area contributed by atoms with Crippen molar-refractivity contribution in [2.75, 3.05) is 26.7 Å². The van der Waals surface area contributed by atoms with Crippen LogP contribution in [0.5, 0.6) is 0 Å². The molecule has 1 unspecified atom stereocenters. The summed E-state index contributed by atoms with van der Waals surface area (Å²) in [6, 6.07) is 9.11. The normalized spacial score (nSPS) is 19.3. The Balaban J connectivity index is 2.05. The molecule has 3 heteroatoms. The van der Waals surface area contributed by atoms with Crippen LogP contribution >= 0.6 is 0 Å². The number of nitrogens with zero attached hydrogens (tertiary/aromatic N) is 1. The first-order valence-electron chi connectivity index (χ1n) is 7.87. The number of methoxy groups -OCH3 is 1. The van der Waals surface area contributed by atoms with E-state index in [1.807, 2.05) is 0 Å². The molecule has 1 aromatic rings. The van der Waals surface area contributed by atoms with Crippen LogP contribution in [0.15, 0.2) is 24.3 Å². The molecule has 1 saturated heterocycles. The van der Waals surface area contributed by atoms with E-state index in [0.29, 0.717) is 19.2 Å². The summed E-state index contributed by atoms with van der Waals surface area (Å²) < 4.78 is 5.17. The zero-order chi connectivity index (χ0) is 14.2. The minimum atomic E-state index is 0.365. The number of rotatable bonds is 5. The van der Waals surface area contributed by atoms with Crippen LogP contribution in [0.1, 0.15) is 49.3 Å². The smallest absolute Gasteiger partial charge is 0.0713 e. The van der Waals surface area contributed by atoms with Crippen molar-refractivity contribution >= 4 is 0 Å². The van der Waals surface area contributed by atoms with Crippen molar-refractivity contribution in [2.24, 2.45) is 5.73 Å². The SMILES string of the molecule is COCc1ccc(C(CN)N2CCCCCCC2)cc1. The van der Waals surface area contributed by atoms with Gasteiger partial charge < -0.3 is 10.5 Å². The van der Waals surface area contributed by atoms with E-state index in [4.69, 9.17) is 10.5 Å². The van der Waals surface area contributed by atoms with Gasteiger partial charge in [0, 0.05) is 19.7 Å². The predicted octanol–water partition coefficient (Wildman–Crippen LogP) is 3.10. The third-order valence-corrected chi connectivity index (χ3v) is 4.23. The first kappa shape index (κ1) is 15.5. The van der Waals surface area contributed by atoms with Crippen LogP contribution in [-0.2, 0) is 11.3 Å². The maximum atomic E-state index is 6.06. The van der Waals surface area contributed by atoms with Gasteiger partial charge in [-0.3, -0.25) is 4.90 Å². The molecule has 0 aliphatic carbocycles. The maximum absolute atomic E-state index is 6.06. The molecule has 1 aromatic carbocycles. The highest BCUT2D eigenvalue weighted by atomic mass is 16.5. The summed E-state index contributed by atoms with van der Waals surface area (Å²) in [6.45, 7) is 3.74. The van der Waals surface area contributed by atoms with E-state index in [-0.39, 0.29) is 0 Å². The van der Waals surface area contributed by atoms with E-state index in [0.717, 1.165) is 0 Å². The molecule has 0 saturated carbocycles. The Hall–Kier alpha value is -0.900. The minimum Gasteiger partial charge on any atom is -0.380 e. The Morgan fingerprint density at radius 1 is 1.05 bits per heavy atom. The minimum absolute atomic E-state index is 0.365. The highest BCUT2D eigenvalue weighted by molar-refractivity contribution is 5.25. The van der Waals surface area contributed by atoms with Crippen molar-refractivity contribution in [1.29, 1.82) is 0 Å². The molecule has 1 heterocycles. The van der Waals surface area contributed by atoms with Crippen molar-refractivity contribution in [2.45, 2.75) is 44.8 Å². The third kappa shape index (κ3) is 4.30. The molecule has 1 atom stereocenters. The van der Waals surface area contributed by atoms with Crippen LogP contribution in [0.25, 0.3) is 0 Å². The lowest BCUT2D eigenvalue weighted by molar-refractivity contribution is 0.182. The van der Waals surface area contributed by atoms with E-state index in [9.17, 15) is 0 Å². The molecule has 112 valence electrons. The van der Waals surface area contributed by atoms with Crippen molar-refractivity contribution < 1.29 is 4.74 Å². The zero-order valence-electron chi connectivity index (χ0n) is 12.7. The highest BCUT2D eigenvalue weighted by Gasteiger charge is 2.19. The molecule has 20 heavy (non-hydrogen) atoms. The number of ether oxygens (including phenoxy) is 1. The Morgan fingerprint density at radius 2 is 1.65 bits per heavy atom. The monoisotopic (exact) mass is 276 g/mol. The number of hydrogen-bond donors (Lipinski definition) is 1. The van der Waals surface area contributed by atoms with Crippen LogP contribution in [0.2, 0.25) is 0 Å². The van der Waals surface area contributed by atoms with Gasteiger partial charge in [-0.15, -0.1) is 0 Å². The highest BCUT2D eigenvalue weighted by Crippen LogP contribution is 2.23. The molecule has 2 N–H and O–H groups in total. The zero-order valence-corrected chi connectivity index (χ0v) is 12.7. The summed E-state index contributed by atoms with van der Waals surface area (Å²) in [5, 5.41) is 0. The fourth-order valence-corrected chi connectivity index (χ4v) is 3.08. The molecule has 1 aliphatic heterocycles. The van der Waals surface area contributed by atoms with Gasteiger partial charge in [0.1, 0.15) is 0 Å². The van der Waals surface area contributed by atoms with Gasteiger partial charge in [-0.2, -0.15) is 0 Å². The number of nitrogens with two attached hydrogens (primary N) is 1. The summed E-state index contributed by atoms with van der Waals surface area (Å²) in [7, 11) is 1.73. The first-order valence-corrected chi connectivity index (χ1v) is 7.87. The van der Waals surface area contributed by atoms with E-state index in [1.165, 1.54) is 56.3 Å². The fourth-order valence-electron chi connectivity index (χ4n) is 3.08. The second kappa shape index (κ2) is 8.40. The van der Waals surface area contributed by atoms with Gasteiger partial charge in [0.15, 0.2) is 0 Å². The summed E-state index contributed by atoms with van der Waals surface area (Å²) in [6.07, 6.45) is 6.73. The first-order chi connectivity index (χ1) is 9.85. The topological polar surface area (TPSA) is 38.5 Å². The van der Waals surface area contributed by atoms with Crippen LogP contribution in [0.3, 0.4) is 0 Å². The standard InChI is InChI=1S/C17H28N2O/c1-20-14-15-7-9-16(10-8-15)17(13-18)19-11-5-3-2-4-6-12-19/h7-10,17H,2-6,11-14,18H2,1H3. The molecule has 0 bridgehead atoms. The summed E-state index contributed by atoms with van der Waals surface area (Å²) in [4.78, 5) is 2.57. The Kier molecular flexibility index (Phi) is 6.51. The molecule has 0 amide bonds. The largest absolute Gasteiger partial charge is 0.380 e. The molecule has 1 fully saturated rings. The molecule has 3 nitrogen and oxygen atoms in total. The molecule has 0 radical (unpaired) electrons. The second-order valence-electron chi connectivity index (χ2n) is 5.73. The summed E-state index contributed by atoms with van der Waals surface area (Å²) in [5.74, 6) is 0. The number of likely N-dealkylation sites (tertiary alicyclic amines) is 1. The van der Waals surface area contributed by atoms with Crippen molar-refractivity contribution in [3.8, 4) is 0 Å². The van der Waals surface area contributed by atoms with Gasteiger partial charge in [-0.05, 0) is 37.1 Å². The van der Waals surface area contributed by atoms with Gasteiger partial charge in [-0.1, -0.05) is 43.5 Å². The van der Waals surface area contributed by atoms with Crippen LogP contribution in [-0.4, -0.2) is 31.6 Å². The lowest BCUT2D eigenvalue weighted by Crippen LogP contribution is -2.36. The van der Waals surface area contributed by atoms with Gasteiger partial charge in [0.2, 0.25) is 0 Å². The van der Waals surface area contributed by atoms with Crippen LogP contribution in [0, 0.1) is 0 Å². The molecule has 2 rings (SSSR count). The Morgan fingerprint density at radius 3 is 2.20 bits per heavy atom. The summed E-state index contributed by atoms with van der Waals surface area (Å²) >= 11 is 0. The molecular weight excluding hydrogens is 248 g/mol. The Labute approximate surface area is 123 Å². The van der Waals surface area contributed by atoms with Crippen LogP contribution < -0.4 is 5.73 Å². The maximum Gasteiger partial charge on any atom is 0.0713 e. The third-order valence-electron chi connectivity index (χ3n) is 4.23. The van der Waals surface area contributed by atoms with Gasteiger partial charge in [-0.25, -0.2) is 0 Å². The van der Waals surface area contributed by atoms with E-state index >= 15 is 0 Å². The van der Waals surface area contributed by atoms with Crippen molar-refractivity contribution in [3.63, 3.8) is 0 Å². The second-order valence-corrected chi connectivity index (χ2v) is 5.73. The lowest BCUT2D eigenvalue weighted by atomic mass is 10.0. The molecular formula is C17H28N2O. The van der Waals surface area contributed by atoms with E-state index in [1.54, 1.807) is 7.11 Å². The van der Waals surface area contributed by atoms with Gasteiger partial charge >= 0.3 is 0 Å². The van der Waals surface area contributed by atoms with Gasteiger partial charge in [0.05, 0.1) is 6.61 Å². The average molecular weight is 276 g/mol. The van der Waals surface area contributed by atoms with Gasteiger partial charge in [0.25, 0.3) is 0 Å². The predicted molar refractivity (Wildman–Crippen MR) is 83.6 cm³/mol. The van der Waals surface area contributed by atoms with Crippen molar-refractivity contribution in [1.82, 2.24) is 4.90 Å². The fraction of sp³-hybridized carbons (Fsp3) is 0.647. The summed E-state index contributed by atoms with van der Waals surface area (Å²) in [5.41, 5.74) is 8.62. The molecule has 0 spiro atoms. The van der Waals surface area contributed by atoms with E-state index < -0.39 is 0 Å².